The Morgan fingerprint density at radius 2 is 1.70 bits per heavy atom. The van der Waals surface area contributed by atoms with Crippen LogP contribution >= 0.6 is 0 Å². The molecule has 4 nitrogen and oxygen atoms in total. The first-order valence-corrected chi connectivity index (χ1v) is 5.97. The Labute approximate surface area is 160 Å². The van der Waals surface area contributed by atoms with Crippen LogP contribution in [0.3, 0.4) is 0 Å². The minimum Gasteiger partial charge on any atom is -0.481 e. The van der Waals surface area contributed by atoms with E-state index in [4.69, 9.17) is 5.11 Å². The summed E-state index contributed by atoms with van der Waals surface area (Å²) in [7, 11) is 1.71. The molecular weight excluding hydrogens is 281 g/mol. The second-order valence-electron chi connectivity index (χ2n) is 4.53. The van der Waals surface area contributed by atoms with Crippen LogP contribution in [0.15, 0.2) is 36.4 Å². The number of carbonyl (C=O) groups is 2. The van der Waals surface area contributed by atoms with Crippen LogP contribution in [0.25, 0.3) is 0 Å². The molecule has 2 aromatic rings. The summed E-state index contributed by atoms with van der Waals surface area (Å²) in [6.45, 7) is 1.96. The largest absolute Gasteiger partial charge is 0.481 e. The summed E-state index contributed by atoms with van der Waals surface area (Å²) in [5.74, 6) is -1.00. The Kier molecular flexibility index (Phi) is 6.35. The van der Waals surface area contributed by atoms with Gasteiger partial charge in [0.2, 0.25) is 5.78 Å². The number of benzene rings is 1. The van der Waals surface area contributed by atoms with Gasteiger partial charge in [-0.25, -0.2) is 0 Å². The molecule has 0 bridgehead atoms. The molecule has 0 saturated carbocycles. The van der Waals surface area contributed by atoms with E-state index in [1.807, 2.05) is 19.1 Å². The van der Waals surface area contributed by atoms with Crippen molar-refractivity contribution in [3.05, 3.63) is 58.9 Å². The maximum atomic E-state index is 12.3. The average Bonchev–Trinajstić information content (AvgIpc) is 2.70. The number of carboxylic acids is 1. The van der Waals surface area contributed by atoms with E-state index in [1.165, 1.54) is 0 Å². The van der Waals surface area contributed by atoms with Crippen molar-refractivity contribution in [2.75, 3.05) is 0 Å². The summed E-state index contributed by atoms with van der Waals surface area (Å²) in [5, 5.41) is 8.79. The summed E-state index contributed by atoms with van der Waals surface area (Å²) in [6, 6.07) is 10.7. The zero-order chi connectivity index (χ0) is 14.0. The molecule has 0 fully saturated rings. The van der Waals surface area contributed by atoms with Gasteiger partial charge in [0, 0.05) is 69.7 Å². The fourth-order valence-electron chi connectivity index (χ4n) is 1.97. The standard InChI is InChI=1S/C15H15NO3.K/c1-10-3-5-11(6-4-10)15(19)13-8-7-12(16(13)2)9-14(17)18;/h3-8H,9H2,1-2H3,(H,17,18);. The Morgan fingerprint density at radius 1 is 1.10 bits per heavy atom. The zero-order valence-corrected chi connectivity index (χ0v) is 15.0. The summed E-state index contributed by atoms with van der Waals surface area (Å²) < 4.78 is 1.64. The molecule has 20 heavy (non-hydrogen) atoms. The van der Waals surface area contributed by atoms with E-state index >= 15 is 0 Å². The predicted octanol–water partition coefficient (Wildman–Crippen LogP) is 1.81. The van der Waals surface area contributed by atoms with Crippen molar-refractivity contribution in [2.45, 2.75) is 13.3 Å². The predicted molar refractivity (Wildman–Crippen MR) is 77.1 cm³/mol. The van der Waals surface area contributed by atoms with Crippen molar-refractivity contribution < 1.29 is 14.7 Å². The minimum absolute atomic E-state index is 0. The quantitative estimate of drug-likeness (QED) is 0.691. The molecule has 0 aliphatic heterocycles. The van der Waals surface area contributed by atoms with Gasteiger partial charge < -0.3 is 9.67 Å². The van der Waals surface area contributed by atoms with Crippen molar-refractivity contribution in [1.29, 1.82) is 0 Å². The van der Waals surface area contributed by atoms with Crippen molar-refractivity contribution in [1.82, 2.24) is 4.57 Å². The van der Waals surface area contributed by atoms with Crippen molar-refractivity contribution in [2.24, 2.45) is 7.05 Å². The Bertz CT molecular complexity index is 629. The molecule has 1 radical (unpaired) electrons. The molecule has 1 aromatic carbocycles. The summed E-state index contributed by atoms with van der Waals surface area (Å²) in [6.07, 6.45) is -0.0856. The van der Waals surface area contributed by atoms with Crippen LogP contribution in [0.5, 0.6) is 0 Å². The molecular formula is C15H15KNO3. The molecule has 1 aromatic heterocycles. The number of aliphatic carboxylic acids is 1. The topological polar surface area (TPSA) is 59.3 Å². The molecule has 0 atom stereocenters. The van der Waals surface area contributed by atoms with E-state index in [0.717, 1.165) is 5.56 Å². The number of hydrogen-bond donors (Lipinski definition) is 1. The fraction of sp³-hybridized carbons (Fsp3) is 0.200. The molecule has 99 valence electrons. The van der Waals surface area contributed by atoms with Gasteiger partial charge in [0.15, 0.2) is 0 Å². The SMILES string of the molecule is Cc1ccc(C(=O)c2ccc(CC(=O)O)n2C)cc1.[K]. The maximum Gasteiger partial charge on any atom is 0.309 e. The monoisotopic (exact) mass is 296 g/mol. The van der Waals surface area contributed by atoms with Gasteiger partial charge in [0.1, 0.15) is 0 Å². The summed E-state index contributed by atoms with van der Waals surface area (Å²) >= 11 is 0. The third-order valence-electron chi connectivity index (χ3n) is 3.10. The van der Waals surface area contributed by atoms with Gasteiger partial charge in [-0.3, -0.25) is 9.59 Å². The Hall–Kier alpha value is -0.724. The average molecular weight is 296 g/mol. The normalized spacial score (nSPS) is 9.90. The maximum absolute atomic E-state index is 12.3. The first-order chi connectivity index (χ1) is 8.99. The Morgan fingerprint density at radius 3 is 2.25 bits per heavy atom. The third kappa shape index (κ3) is 3.90. The van der Waals surface area contributed by atoms with Crippen LogP contribution in [0.1, 0.15) is 27.3 Å². The van der Waals surface area contributed by atoms with E-state index in [-0.39, 0.29) is 63.6 Å². The summed E-state index contributed by atoms with van der Waals surface area (Å²) in [5.41, 5.74) is 2.81. The van der Waals surface area contributed by atoms with E-state index in [9.17, 15) is 9.59 Å². The molecule has 0 aliphatic rings. The Balaban J connectivity index is 0.00000200. The van der Waals surface area contributed by atoms with Gasteiger partial charge in [-0.1, -0.05) is 29.8 Å². The molecule has 1 heterocycles. The van der Waals surface area contributed by atoms with Crippen LogP contribution in [-0.4, -0.2) is 72.8 Å². The number of aromatic nitrogens is 1. The first-order valence-electron chi connectivity index (χ1n) is 5.97. The number of aryl methyl sites for hydroxylation is 1. The number of rotatable bonds is 4. The van der Waals surface area contributed by atoms with Crippen molar-refractivity contribution in [3.8, 4) is 0 Å². The van der Waals surface area contributed by atoms with Crippen LogP contribution in [0.2, 0.25) is 0 Å². The smallest absolute Gasteiger partial charge is 0.309 e. The molecule has 0 unspecified atom stereocenters. The number of ketones is 1. The van der Waals surface area contributed by atoms with Gasteiger partial charge in [-0.2, -0.15) is 0 Å². The van der Waals surface area contributed by atoms with Gasteiger partial charge in [0.05, 0.1) is 12.1 Å². The number of hydrogen-bond acceptors (Lipinski definition) is 2. The molecule has 0 aliphatic carbocycles. The minimum atomic E-state index is -0.907. The number of carboxylic acid groups (broad SMARTS) is 1. The van der Waals surface area contributed by atoms with E-state index in [1.54, 1.807) is 35.9 Å². The van der Waals surface area contributed by atoms with Crippen molar-refractivity contribution >= 4 is 63.1 Å². The van der Waals surface area contributed by atoms with Crippen LogP contribution in [-0.2, 0) is 18.3 Å². The fourth-order valence-corrected chi connectivity index (χ4v) is 1.97. The number of nitrogens with zero attached hydrogens (tertiary/aromatic N) is 1. The van der Waals surface area contributed by atoms with Crippen LogP contribution in [0.4, 0.5) is 0 Å². The molecule has 0 amide bonds. The van der Waals surface area contributed by atoms with Crippen LogP contribution in [0, 0.1) is 6.92 Å². The summed E-state index contributed by atoms with van der Waals surface area (Å²) in [4.78, 5) is 23.0. The van der Waals surface area contributed by atoms with Gasteiger partial charge in [-0.15, -0.1) is 0 Å². The van der Waals surface area contributed by atoms with Gasteiger partial charge >= 0.3 is 5.97 Å². The van der Waals surface area contributed by atoms with Gasteiger partial charge in [-0.05, 0) is 19.1 Å². The number of carbonyl (C=O) groups excluding carboxylic acids is 1. The third-order valence-corrected chi connectivity index (χ3v) is 3.10. The zero-order valence-electron chi connectivity index (χ0n) is 11.9. The molecule has 1 N–H and O–H groups in total. The molecule has 0 saturated heterocycles. The molecule has 5 heteroatoms. The van der Waals surface area contributed by atoms with E-state index in [2.05, 4.69) is 0 Å². The van der Waals surface area contributed by atoms with E-state index in [0.29, 0.717) is 17.0 Å². The van der Waals surface area contributed by atoms with Crippen molar-refractivity contribution in [3.63, 3.8) is 0 Å². The molecule has 2 rings (SSSR count). The first kappa shape index (κ1) is 17.3. The van der Waals surface area contributed by atoms with Crippen LogP contribution < -0.4 is 0 Å². The second kappa shape index (κ2) is 7.33. The molecule has 0 spiro atoms. The van der Waals surface area contributed by atoms with Gasteiger partial charge in [0.25, 0.3) is 0 Å². The van der Waals surface area contributed by atoms with E-state index < -0.39 is 5.97 Å². The second-order valence-corrected chi connectivity index (χ2v) is 4.53.